The third-order valence-corrected chi connectivity index (χ3v) is 3.67. The zero-order valence-electron chi connectivity index (χ0n) is 13.0. The van der Waals surface area contributed by atoms with Crippen molar-refractivity contribution in [2.24, 2.45) is 0 Å². The lowest BCUT2D eigenvalue weighted by atomic mass is 10.2. The van der Waals surface area contributed by atoms with E-state index in [-0.39, 0.29) is 28.0 Å². The van der Waals surface area contributed by atoms with Crippen molar-refractivity contribution < 1.29 is 18.4 Å². The number of H-pyrrole nitrogens is 1. The molecule has 0 saturated heterocycles. The molecule has 1 aromatic carbocycles. The zero-order valence-corrected chi connectivity index (χ0v) is 13.7. The number of carbonyl (C=O) groups excluding carboxylic acids is 2. The van der Waals surface area contributed by atoms with Crippen LogP contribution in [0, 0.1) is 11.6 Å². The number of carbonyl (C=O) groups is 2. The zero-order chi connectivity index (χ0) is 17.9. The maximum Gasteiger partial charge on any atom is 0.271 e. The molecule has 0 spiro atoms. The quantitative estimate of drug-likeness (QED) is 0.808. The van der Waals surface area contributed by atoms with Gasteiger partial charge in [0.05, 0.1) is 10.6 Å². The first kappa shape index (κ1) is 17.9. The Bertz CT molecular complexity index is 775. The lowest BCUT2D eigenvalue weighted by molar-refractivity contribution is 0.0767. The molecule has 0 radical (unpaired) electrons. The highest BCUT2D eigenvalue weighted by Gasteiger charge is 2.19. The molecule has 0 saturated carbocycles. The van der Waals surface area contributed by atoms with E-state index in [0.717, 1.165) is 0 Å². The van der Waals surface area contributed by atoms with Crippen molar-refractivity contribution in [3.8, 4) is 0 Å². The minimum Gasteiger partial charge on any atom is -0.338 e. The van der Waals surface area contributed by atoms with Crippen molar-refractivity contribution in [3.05, 3.63) is 46.1 Å². The number of halogens is 3. The van der Waals surface area contributed by atoms with Crippen LogP contribution in [0.3, 0.4) is 0 Å². The maximum atomic E-state index is 13.2. The van der Waals surface area contributed by atoms with E-state index < -0.39 is 17.5 Å². The van der Waals surface area contributed by atoms with Gasteiger partial charge >= 0.3 is 0 Å². The van der Waals surface area contributed by atoms with Crippen LogP contribution in [0.4, 0.5) is 14.6 Å². The molecule has 6 nitrogen and oxygen atoms in total. The molecule has 2 N–H and O–H groups in total. The molecule has 0 fully saturated rings. The fourth-order valence-corrected chi connectivity index (χ4v) is 2.29. The predicted octanol–water partition coefficient (Wildman–Crippen LogP) is 3.08. The van der Waals surface area contributed by atoms with Crippen LogP contribution in [0.1, 0.15) is 34.7 Å². The lowest BCUT2D eigenvalue weighted by Gasteiger charge is -2.16. The molecule has 0 atom stereocenters. The van der Waals surface area contributed by atoms with Gasteiger partial charge in [-0.2, -0.15) is 5.10 Å². The summed E-state index contributed by atoms with van der Waals surface area (Å²) in [6, 6.07) is 2.76. The van der Waals surface area contributed by atoms with E-state index in [0.29, 0.717) is 25.2 Å². The third kappa shape index (κ3) is 3.70. The van der Waals surface area contributed by atoms with Gasteiger partial charge in [0.2, 0.25) is 0 Å². The summed E-state index contributed by atoms with van der Waals surface area (Å²) in [5.41, 5.74) is -0.0411. The Kier molecular flexibility index (Phi) is 5.50. The molecular formula is C15H15ClF2N4O2. The molecule has 9 heteroatoms. The highest BCUT2D eigenvalue weighted by molar-refractivity contribution is 6.34. The second kappa shape index (κ2) is 7.39. The van der Waals surface area contributed by atoms with E-state index in [1.54, 1.807) is 4.90 Å². The predicted molar refractivity (Wildman–Crippen MR) is 85.2 cm³/mol. The van der Waals surface area contributed by atoms with Gasteiger partial charge in [0.25, 0.3) is 11.8 Å². The molecule has 1 aromatic heterocycles. The first-order valence-electron chi connectivity index (χ1n) is 7.17. The Labute approximate surface area is 141 Å². The molecule has 0 aliphatic carbocycles. The molecule has 0 aliphatic rings. The second-order valence-corrected chi connectivity index (χ2v) is 5.25. The molecule has 2 amide bonds. The number of nitrogens with zero attached hydrogens (tertiary/aromatic N) is 2. The summed E-state index contributed by atoms with van der Waals surface area (Å²) < 4.78 is 26.3. The van der Waals surface area contributed by atoms with E-state index in [1.165, 1.54) is 6.07 Å². The van der Waals surface area contributed by atoms with Gasteiger partial charge in [-0.15, -0.1) is 0 Å². The Hall–Kier alpha value is -2.48. The standard InChI is InChI=1S/C15H15ClF2N4O2/c1-3-22(4-2)15(24)12-7-13(21-20-12)19-14(23)8-5-10(17)11(18)6-9(8)16/h5-7H,3-4H2,1-2H3,(H2,19,20,21,23). The molecule has 0 bridgehead atoms. The smallest absolute Gasteiger partial charge is 0.271 e. The number of benzene rings is 1. The van der Waals surface area contributed by atoms with Gasteiger partial charge in [-0.1, -0.05) is 11.6 Å². The Morgan fingerprint density at radius 2 is 1.83 bits per heavy atom. The van der Waals surface area contributed by atoms with Crippen LogP contribution in [0.2, 0.25) is 5.02 Å². The topological polar surface area (TPSA) is 78.1 Å². The fraction of sp³-hybridized carbons (Fsp3) is 0.267. The van der Waals surface area contributed by atoms with E-state index in [9.17, 15) is 18.4 Å². The molecule has 128 valence electrons. The summed E-state index contributed by atoms with van der Waals surface area (Å²) in [6.07, 6.45) is 0. The molecule has 0 unspecified atom stereocenters. The fourth-order valence-electron chi connectivity index (χ4n) is 2.06. The van der Waals surface area contributed by atoms with E-state index in [4.69, 9.17) is 11.6 Å². The van der Waals surface area contributed by atoms with Crippen LogP contribution in [0.5, 0.6) is 0 Å². The van der Waals surface area contributed by atoms with Gasteiger partial charge in [0, 0.05) is 19.2 Å². The van der Waals surface area contributed by atoms with E-state index >= 15 is 0 Å². The number of rotatable bonds is 5. The SMILES string of the molecule is CCN(CC)C(=O)c1cc(NC(=O)c2cc(F)c(F)cc2Cl)n[nH]1. The molecule has 2 aromatic rings. The van der Waals surface area contributed by atoms with Crippen molar-refractivity contribution in [3.63, 3.8) is 0 Å². The monoisotopic (exact) mass is 356 g/mol. The van der Waals surface area contributed by atoms with E-state index in [1.807, 2.05) is 13.8 Å². The van der Waals surface area contributed by atoms with Gasteiger partial charge in [0.1, 0.15) is 5.69 Å². The highest BCUT2D eigenvalue weighted by atomic mass is 35.5. The van der Waals surface area contributed by atoms with Crippen LogP contribution in [-0.2, 0) is 0 Å². The van der Waals surface area contributed by atoms with Gasteiger partial charge in [-0.05, 0) is 26.0 Å². The second-order valence-electron chi connectivity index (χ2n) is 4.84. The molecule has 24 heavy (non-hydrogen) atoms. The van der Waals surface area contributed by atoms with Crippen LogP contribution < -0.4 is 5.32 Å². The number of anilines is 1. The van der Waals surface area contributed by atoms with Gasteiger partial charge < -0.3 is 10.2 Å². The summed E-state index contributed by atoms with van der Waals surface area (Å²) in [7, 11) is 0. The average molecular weight is 357 g/mol. The summed E-state index contributed by atoms with van der Waals surface area (Å²) in [4.78, 5) is 25.8. The largest absolute Gasteiger partial charge is 0.338 e. The third-order valence-electron chi connectivity index (χ3n) is 3.36. The maximum absolute atomic E-state index is 13.2. The van der Waals surface area contributed by atoms with Crippen molar-refractivity contribution in [1.82, 2.24) is 15.1 Å². The van der Waals surface area contributed by atoms with Gasteiger partial charge in [0.15, 0.2) is 17.5 Å². The summed E-state index contributed by atoms with van der Waals surface area (Å²) in [5.74, 6) is -3.31. The molecular weight excluding hydrogens is 342 g/mol. The highest BCUT2D eigenvalue weighted by Crippen LogP contribution is 2.21. The van der Waals surface area contributed by atoms with Crippen molar-refractivity contribution in [2.45, 2.75) is 13.8 Å². The van der Waals surface area contributed by atoms with Crippen LogP contribution in [0.15, 0.2) is 18.2 Å². The minimum absolute atomic E-state index is 0.0660. The molecule has 0 aliphatic heterocycles. The normalized spacial score (nSPS) is 10.5. The number of hydrogen-bond acceptors (Lipinski definition) is 3. The number of aromatic nitrogens is 2. The van der Waals surface area contributed by atoms with Gasteiger partial charge in [-0.3, -0.25) is 14.7 Å². The number of amides is 2. The lowest BCUT2D eigenvalue weighted by Crippen LogP contribution is -2.30. The first-order chi connectivity index (χ1) is 11.4. The summed E-state index contributed by atoms with van der Waals surface area (Å²) in [6.45, 7) is 4.73. The van der Waals surface area contributed by atoms with Crippen LogP contribution in [-0.4, -0.2) is 40.0 Å². The Morgan fingerprint density at radius 1 is 1.21 bits per heavy atom. The average Bonchev–Trinajstić information content (AvgIpc) is 3.00. The number of hydrogen-bond donors (Lipinski definition) is 2. The van der Waals surface area contributed by atoms with Crippen LogP contribution >= 0.6 is 11.6 Å². The molecule has 1 heterocycles. The van der Waals surface area contributed by atoms with Crippen molar-refractivity contribution in [1.29, 1.82) is 0 Å². The summed E-state index contributed by atoms with van der Waals surface area (Å²) >= 11 is 5.74. The number of aromatic amines is 1. The minimum atomic E-state index is -1.19. The van der Waals surface area contributed by atoms with Gasteiger partial charge in [-0.25, -0.2) is 8.78 Å². The molecule has 2 rings (SSSR count). The Balaban J connectivity index is 2.16. The van der Waals surface area contributed by atoms with Crippen molar-refractivity contribution in [2.75, 3.05) is 18.4 Å². The summed E-state index contributed by atoms with van der Waals surface area (Å²) in [5, 5.41) is 8.47. The van der Waals surface area contributed by atoms with E-state index in [2.05, 4.69) is 15.5 Å². The first-order valence-corrected chi connectivity index (χ1v) is 7.55. The van der Waals surface area contributed by atoms with Crippen molar-refractivity contribution >= 4 is 29.2 Å². The van der Waals surface area contributed by atoms with Crippen LogP contribution in [0.25, 0.3) is 0 Å². The Morgan fingerprint density at radius 3 is 2.46 bits per heavy atom. The number of nitrogens with one attached hydrogen (secondary N) is 2.